The molecule has 1 heterocycles. The Morgan fingerprint density at radius 2 is 1.79 bits per heavy atom. The summed E-state index contributed by atoms with van der Waals surface area (Å²) < 4.78 is 43.8. The number of amides is 1. The average molecular weight is 612 g/mol. The lowest BCUT2D eigenvalue weighted by atomic mass is 10.1. The van der Waals surface area contributed by atoms with E-state index in [0.29, 0.717) is 18.4 Å². The Labute approximate surface area is 214 Å². The number of aliphatic hydroxyl groups is 2. The molecule has 1 saturated carbocycles. The van der Waals surface area contributed by atoms with Crippen LogP contribution in [0.5, 0.6) is 0 Å². The monoisotopic (exact) mass is 612 g/mol. The zero-order chi connectivity index (χ0) is 24.9. The van der Waals surface area contributed by atoms with Crippen molar-refractivity contribution in [2.24, 2.45) is 11.8 Å². The maximum Gasteiger partial charge on any atom is 0.408 e. The van der Waals surface area contributed by atoms with Crippen LogP contribution in [0.25, 0.3) is 0 Å². The van der Waals surface area contributed by atoms with Crippen LogP contribution in [0.4, 0.5) is 4.79 Å². The highest BCUT2D eigenvalue weighted by atomic mass is 127. The van der Waals surface area contributed by atoms with E-state index < -0.39 is 26.1 Å². The Morgan fingerprint density at radius 1 is 1.18 bits per heavy atom. The number of alkyl carbamates (subject to hydrolysis) is 1. The summed E-state index contributed by atoms with van der Waals surface area (Å²) in [5, 5.41) is 22.0. The van der Waals surface area contributed by atoms with E-state index in [2.05, 4.69) is 5.32 Å². The number of benzene rings is 1. The SMILES string of the molecule is CC(C)CN(CC(CO)C(I)NC(=O)OC1C[C@@H]2OCO[C@@H]2C1)S(=O)(=O)c1ccc(CO)cc1. The molecular weight excluding hydrogens is 579 g/mol. The van der Waals surface area contributed by atoms with Gasteiger partial charge in [-0.1, -0.05) is 48.6 Å². The molecule has 3 unspecified atom stereocenters. The molecule has 1 aromatic rings. The number of aliphatic hydroxyl groups excluding tert-OH is 2. The van der Waals surface area contributed by atoms with Crippen LogP contribution in [0.1, 0.15) is 32.3 Å². The van der Waals surface area contributed by atoms with Crippen molar-refractivity contribution in [3.63, 3.8) is 0 Å². The molecule has 0 spiro atoms. The van der Waals surface area contributed by atoms with Crippen LogP contribution in [0, 0.1) is 11.8 Å². The van der Waals surface area contributed by atoms with Crippen LogP contribution in [0.15, 0.2) is 29.2 Å². The van der Waals surface area contributed by atoms with Crippen molar-refractivity contribution in [3.8, 4) is 0 Å². The highest BCUT2D eigenvalue weighted by Gasteiger charge is 2.41. The van der Waals surface area contributed by atoms with E-state index in [9.17, 15) is 23.4 Å². The Balaban J connectivity index is 1.63. The van der Waals surface area contributed by atoms with Crippen molar-refractivity contribution in [2.45, 2.75) is 60.6 Å². The lowest BCUT2D eigenvalue weighted by molar-refractivity contribution is 0.00331. The highest BCUT2D eigenvalue weighted by Crippen LogP contribution is 2.32. The first-order valence-corrected chi connectivity index (χ1v) is 14.0. The van der Waals surface area contributed by atoms with Crippen molar-refractivity contribution >= 4 is 38.7 Å². The molecule has 12 heteroatoms. The minimum absolute atomic E-state index is 0.0158. The van der Waals surface area contributed by atoms with E-state index in [-0.39, 0.29) is 62.2 Å². The van der Waals surface area contributed by atoms with Gasteiger partial charge in [-0.15, -0.1) is 0 Å². The normalized spacial score (nSPS) is 24.3. The van der Waals surface area contributed by atoms with Crippen molar-refractivity contribution in [3.05, 3.63) is 29.8 Å². The summed E-state index contributed by atoms with van der Waals surface area (Å²) in [5.41, 5.74) is 0.613. The van der Waals surface area contributed by atoms with Crippen LogP contribution in [-0.4, -0.2) is 77.9 Å². The fraction of sp³-hybridized carbons (Fsp3) is 0.682. The van der Waals surface area contributed by atoms with E-state index in [1.54, 1.807) is 12.1 Å². The summed E-state index contributed by atoms with van der Waals surface area (Å²) >= 11 is 1.98. The molecule has 0 bridgehead atoms. The van der Waals surface area contributed by atoms with Gasteiger partial charge in [0.1, 0.15) is 12.9 Å². The van der Waals surface area contributed by atoms with Crippen LogP contribution < -0.4 is 5.32 Å². The van der Waals surface area contributed by atoms with Crippen molar-refractivity contribution in [1.82, 2.24) is 9.62 Å². The summed E-state index contributed by atoms with van der Waals surface area (Å²) in [6.07, 6.45) is 0.0948. The maximum absolute atomic E-state index is 13.3. The fourth-order valence-electron chi connectivity index (χ4n) is 4.09. The number of ether oxygens (including phenoxy) is 3. The molecule has 1 aromatic carbocycles. The molecule has 3 N–H and O–H groups in total. The molecule has 2 fully saturated rings. The van der Waals surface area contributed by atoms with Gasteiger partial charge in [0.15, 0.2) is 0 Å². The van der Waals surface area contributed by atoms with Gasteiger partial charge in [-0.25, -0.2) is 13.2 Å². The Kier molecular flexibility index (Phi) is 9.95. The molecule has 192 valence electrons. The third-order valence-electron chi connectivity index (χ3n) is 5.90. The minimum atomic E-state index is -3.85. The first-order chi connectivity index (χ1) is 16.1. The number of alkyl halides is 1. The molecule has 5 atom stereocenters. The van der Waals surface area contributed by atoms with E-state index in [1.165, 1.54) is 16.4 Å². The number of hydrogen-bond donors (Lipinski definition) is 3. The van der Waals surface area contributed by atoms with E-state index in [4.69, 9.17) is 14.2 Å². The van der Waals surface area contributed by atoms with E-state index in [1.807, 2.05) is 36.4 Å². The number of hydrogen-bond acceptors (Lipinski definition) is 8. The van der Waals surface area contributed by atoms with Crippen molar-refractivity contribution in [2.75, 3.05) is 26.5 Å². The third-order valence-corrected chi connectivity index (χ3v) is 9.07. The second-order valence-electron chi connectivity index (χ2n) is 9.03. The summed E-state index contributed by atoms with van der Waals surface area (Å²) in [4.78, 5) is 12.5. The van der Waals surface area contributed by atoms with Crippen molar-refractivity contribution in [1.29, 1.82) is 0 Å². The summed E-state index contributed by atoms with van der Waals surface area (Å²) in [6, 6.07) is 6.05. The highest BCUT2D eigenvalue weighted by molar-refractivity contribution is 14.1. The minimum Gasteiger partial charge on any atom is -0.446 e. The van der Waals surface area contributed by atoms with Gasteiger partial charge in [0, 0.05) is 38.5 Å². The molecular formula is C22H33IN2O8S. The Morgan fingerprint density at radius 3 is 2.32 bits per heavy atom. The molecule has 3 rings (SSSR count). The second-order valence-corrected chi connectivity index (χ2v) is 12.3. The third kappa shape index (κ3) is 7.02. The average Bonchev–Trinajstić information content (AvgIpc) is 3.37. The zero-order valence-electron chi connectivity index (χ0n) is 19.3. The second kappa shape index (κ2) is 12.3. The van der Waals surface area contributed by atoms with Gasteiger partial charge in [0.05, 0.1) is 27.8 Å². The summed E-state index contributed by atoms with van der Waals surface area (Å²) in [5.74, 6) is -0.518. The van der Waals surface area contributed by atoms with Gasteiger partial charge in [-0.2, -0.15) is 4.31 Å². The summed E-state index contributed by atoms with van der Waals surface area (Å²) in [7, 11) is -3.85. The number of rotatable bonds is 11. The lowest BCUT2D eigenvalue weighted by Gasteiger charge is -2.30. The number of fused-ring (bicyclic) bond motifs is 1. The van der Waals surface area contributed by atoms with E-state index in [0.717, 1.165) is 0 Å². The standard InChI is InChI=1S/C22H33IN2O8S/c1-14(2)9-25(34(29,30)18-5-3-15(11-26)4-6-18)10-16(12-27)21(23)24-22(28)33-17-7-19-20(8-17)32-13-31-19/h3-6,14,16-17,19-21,26-27H,7-13H2,1-2H3,(H,24,28)/t16?,17?,19-,20+,21?. The predicted octanol–water partition coefficient (Wildman–Crippen LogP) is 1.83. The topological polar surface area (TPSA) is 135 Å². The number of nitrogens with zero attached hydrogens (tertiary/aromatic N) is 1. The van der Waals surface area contributed by atoms with Crippen LogP contribution in [0.3, 0.4) is 0 Å². The zero-order valence-corrected chi connectivity index (χ0v) is 22.3. The quantitative estimate of drug-likeness (QED) is 0.196. The molecule has 0 radical (unpaired) electrons. The van der Waals surface area contributed by atoms with Gasteiger partial charge in [0.2, 0.25) is 10.0 Å². The van der Waals surface area contributed by atoms with Gasteiger partial charge in [-0.3, -0.25) is 0 Å². The molecule has 10 nitrogen and oxygen atoms in total. The Bertz CT molecular complexity index is 902. The number of nitrogens with one attached hydrogen (secondary N) is 1. The summed E-state index contributed by atoms with van der Waals surface area (Å²) in [6.45, 7) is 3.85. The van der Waals surface area contributed by atoms with Gasteiger partial charge in [-0.05, 0) is 23.6 Å². The lowest BCUT2D eigenvalue weighted by Crippen LogP contribution is -2.46. The largest absolute Gasteiger partial charge is 0.446 e. The smallest absolute Gasteiger partial charge is 0.408 e. The number of halogens is 1. The van der Waals surface area contributed by atoms with Crippen LogP contribution >= 0.6 is 22.6 Å². The molecule has 1 aliphatic heterocycles. The molecule has 1 saturated heterocycles. The molecule has 1 aliphatic carbocycles. The van der Waals surface area contributed by atoms with Crippen molar-refractivity contribution < 1.29 is 37.6 Å². The van der Waals surface area contributed by atoms with Crippen LogP contribution in [-0.2, 0) is 30.8 Å². The molecule has 0 aromatic heterocycles. The van der Waals surface area contributed by atoms with Gasteiger partial charge in [0.25, 0.3) is 0 Å². The first kappa shape index (κ1) is 27.6. The number of carbonyl (C=O) groups is 1. The predicted molar refractivity (Wildman–Crippen MR) is 132 cm³/mol. The molecule has 34 heavy (non-hydrogen) atoms. The molecule has 1 amide bonds. The first-order valence-electron chi connectivity index (χ1n) is 11.3. The number of sulfonamides is 1. The fourth-order valence-corrected chi connectivity index (χ4v) is 6.46. The van der Waals surface area contributed by atoms with Gasteiger partial charge < -0.3 is 29.7 Å². The Hall–Kier alpha value is -1.03. The number of carbonyl (C=O) groups excluding carboxylic acids is 1. The van der Waals surface area contributed by atoms with Crippen LogP contribution in [0.2, 0.25) is 0 Å². The maximum atomic E-state index is 13.3. The molecule has 2 aliphatic rings. The van der Waals surface area contributed by atoms with E-state index >= 15 is 0 Å². The van der Waals surface area contributed by atoms with Gasteiger partial charge >= 0.3 is 6.09 Å².